The summed E-state index contributed by atoms with van der Waals surface area (Å²) in [7, 11) is 1.54. The number of benzene rings is 3. The lowest BCUT2D eigenvalue weighted by Crippen LogP contribution is -2.50. The molecule has 182 valence electrons. The molecule has 2 amide bonds. The SMILES string of the molecule is COc1ccc(NC(=O)c2ccc(-c3ccccc3)cc2)cc1NC(=O)CN1CCOC(C)(C)C1. The average molecular weight is 474 g/mol. The van der Waals surface area contributed by atoms with Crippen molar-refractivity contribution >= 4 is 23.2 Å². The van der Waals surface area contributed by atoms with E-state index in [4.69, 9.17) is 9.47 Å². The third-order valence-corrected chi connectivity index (χ3v) is 5.86. The summed E-state index contributed by atoms with van der Waals surface area (Å²) >= 11 is 0. The van der Waals surface area contributed by atoms with Crippen LogP contribution in [0.4, 0.5) is 11.4 Å². The van der Waals surface area contributed by atoms with Crippen LogP contribution in [0, 0.1) is 0 Å². The van der Waals surface area contributed by atoms with Gasteiger partial charge in [-0.25, -0.2) is 0 Å². The Bertz CT molecular complexity index is 1180. The standard InChI is InChI=1S/C28H31N3O4/c1-28(2)19-31(15-16-35-28)18-26(32)30-24-17-23(13-14-25(24)34-3)29-27(33)22-11-9-21(10-12-22)20-7-5-4-6-8-20/h4-14,17H,15-16,18-19H2,1-3H3,(H,29,33)(H,30,32). The molecule has 0 aliphatic carbocycles. The Labute approximate surface area is 206 Å². The van der Waals surface area contributed by atoms with Crippen LogP contribution in [0.5, 0.6) is 5.75 Å². The third kappa shape index (κ3) is 6.47. The van der Waals surface area contributed by atoms with Gasteiger partial charge in [-0.3, -0.25) is 14.5 Å². The minimum atomic E-state index is -0.278. The molecule has 4 rings (SSSR count). The second kappa shape index (κ2) is 10.7. The van der Waals surface area contributed by atoms with Crippen LogP contribution in [0.15, 0.2) is 72.8 Å². The van der Waals surface area contributed by atoms with Crippen molar-refractivity contribution in [2.75, 3.05) is 44.0 Å². The summed E-state index contributed by atoms with van der Waals surface area (Å²) < 4.78 is 11.1. The monoisotopic (exact) mass is 473 g/mol. The molecule has 1 aliphatic rings. The average Bonchev–Trinajstić information content (AvgIpc) is 2.84. The first kappa shape index (κ1) is 24.4. The molecule has 0 bridgehead atoms. The predicted molar refractivity (Wildman–Crippen MR) is 138 cm³/mol. The zero-order chi connectivity index (χ0) is 24.8. The van der Waals surface area contributed by atoms with Gasteiger partial charge in [-0.1, -0.05) is 42.5 Å². The lowest BCUT2D eigenvalue weighted by atomic mass is 10.0. The Morgan fingerprint density at radius 1 is 0.971 bits per heavy atom. The molecule has 0 unspecified atom stereocenters. The van der Waals surface area contributed by atoms with Gasteiger partial charge in [0.25, 0.3) is 5.91 Å². The molecule has 0 saturated carbocycles. The number of carbonyl (C=O) groups excluding carboxylic acids is 2. The first-order valence-corrected chi connectivity index (χ1v) is 11.6. The van der Waals surface area contributed by atoms with E-state index in [1.165, 1.54) is 0 Å². The third-order valence-electron chi connectivity index (χ3n) is 5.86. The highest BCUT2D eigenvalue weighted by molar-refractivity contribution is 6.05. The van der Waals surface area contributed by atoms with Gasteiger partial charge >= 0.3 is 0 Å². The smallest absolute Gasteiger partial charge is 0.255 e. The Balaban J connectivity index is 1.41. The fourth-order valence-electron chi connectivity index (χ4n) is 4.17. The van der Waals surface area contributed by atoms with Crippen molar-refractivity contribution < 1.29 is 19.1 Å². The van der Waals surface area contributed by atoms with Crippen molar-refractivity contribution in [3.8, 4) is 16.9 Å². The summed E-state index contributed by atoms with van der Waals surface area (Å²) in [6, 6.07) is 22.6. The van der Waals surface area contributed by atoms with Crippen LogP contribution in [0.1, 0.15) is 24.2 Å². The van der Waals surface area contributed by atoms with E-state index in [2.05, 4.69) is 15.5 Å². The number of morpholine rings is 1. The van der Waals surface area contributed by atoms with Gasteiger partial charge in [0.05, 0.1) is 31.5 Å². The van der Waals surface area contributed by atoms with Crippen molar-refractivity contribution in [2.24, 2.45) is 0 Å². The first-order valence-electron chi connectivity index (χ1n) is 11.6. The van der Waals surface area contributed by atoms with Crippen LogP contribution in [0.3, 0.4) is 0 Å². The maximum Gasteiger partial charge on any atom is 0.255 e. The highest BCUT2D eigenvalue weighted by Crippen LogP contribution is 2.28. The lowest BCUT2D eigenvalue weighted by Gasteiger charge is -2.37. The quantitative estimate of drug-likeness (QED) is 0.522. The summed E-state index contributed by atoms with van der Waals surface area (Å²) in [6.45, 7) is 6.25. The number of anilines is 2. The van der Waals surface area contributed by atoms with Gasteiger partial charge in [0, 0.05) is 24.3 Å². The van der Waals surface area contributed by atoms with Gasteiger partial charge in [0.2, 0.25) is 5.91 Å². The van der Waals surface area contributed by atoms with Crippen molar-refractivity contribution in [1.29, 1.82) is 0 Å². The van der Waals surface area contributed by atoms with Crippen molar-refractivity contribution in [3.05, 3.63) is 78.4 Å². The molecule has 7 nitrogen and oxygen atoms in total. The molecule has 0 radical (unpaired) electrons. The number of methoxy groups -OCH3 is 1. The van der Waals surface area contributed by atoms with Crippen LogP contribution in [0.25, 0.3) is 11.1 Å². The molecule has 0 spiro atoms. The van der Waals surface area contributed by atoms with E-state index in [1.807, 2.05) is 56.3 Å². The molecule has 7 heteroatoms. The Kier molecular flexibility index (Phi) is 7.48. The number of nitrogens with zero attached hydrogens (tertiary/aromatic N) is 1. The van der Waals surface area contributed by atoms with E-state index in [0.717, 1.165) is 11.1 Å². The van der Waals surface area contributed by atoms with Gasteiger partial charge in [-0.2, -0.15) is 0 Å². The molecule has 2 N–H and O–H groups in total. The molecule has 1 heterocycles. The Morgan fingerprint density at radius 2 is 1.69 bits per heavy atom. The topological polar surface area (TPSA) is 79.9 Å². The predicted octanol–water partition coefficient (Wildman–Crippen LogP) is 4.66. The molecule has 35 heavy (non-hydrogen) atoms. The van der Waals surface area contributed by atoms with Crippen LogP contribution >= 0.6 is 0 Å². The second-order valence-corrected chi connectivity index (χ2v) is 9.18. The highest BCUT2D eigenvalue weighted by atomic mass is 16.5. The fourth-order valence-corrected chi connectivity index (χ4v) is 4.17. The zero-order valence-electron chi connectivity index (χ0n) is 20.3. The lowest BCUT2D eigenvalue weighted by molar-refractivity contribution is -0.122. The Morgan fingerprint density at radius 3 is 2.37 bits per heavy atom. The molecule has 3 aromatic carbocycles. The summed E-state index contributed by atoms with van der Waals surface area (Å²) in [6.07, 6.45) is 0. The van der Waals surface area contributed by atoms with E-state index in [0.29, 0.717) is 42.4 Å². The summed E-state index contributed by atoms with van der Waals surface area (Å²) in [5.74, 6) is 0.134. The highest BCUT2D eigenvalue weighted by Gasteiger charge is 2.28. The number of rotatable bonds is 7. The number of ether oxygens (including phenoxy) is 2. The van der Waals surface area contributed by atoms with Crippen molar-refractivity contribution in [2.45, 2.75) is 19.4 Å². The maximum absolute atomic E-state index is 12.8. The first-order chi connectivity index (χ1) is 16.8. The van der Waals surface area contributed by atoms with Crippen molar-refractivity contribution in [3.63, 3.8) is 0 Å². The van der Waals surface area contributed by atoms with Crippen molar-refractivity contribution in [1.82, 2.24) is 4.90 Å². The minimum Gasteiger partial charge on any atom is -0.495 e. The Hall–Kier alpha value is -3.68. The molecule has 1 fully saturated rings. The fraction of sp³-hybridized carbons (Fsp3) is 0.286. The van der Waals surface area contributed by atoms with Crippen LogP contribution in [-0.4, -0.2) is 55.7 Å². The van der Waals surface area contributed by atoms with Gasteiger partial charge in [-0.05, 0) is 55.3 Å². The minimum absolute atomic E-state index is 0.152. The van der Waals surface area contributed by atoms with Crippen LogP contribution in [0.2, 0.25) is 0 Å². The number of carbonyl (C=O) groups is 2. The molecule has 0 atom stereocenters. The van der Waals surface area contributed by atoms with Gasteiger partial charge in [-0.15, -0.1) is 0 Å². The van der Waals surface area contributed by atoms with Crippen LogP contribution < -0.4 is 15.4 Å². The molecule has 1 aliphatic heterocycles. The number of hydrogen-bond donors (Lipinski definition) is 2. The maximum atomic E-state index is 12.8. The van der Waals surface area contributed by atoms with E-state index in [9.17, 15) is 9.59 Å². The summed E-state index contributed by atoms with van der Waals surface area (Å²) in [5, 5.41) is 5.82. The van der Waals surface area contributed by atoms with Gasteiger partial charge in [0.15, 0.2) is 0 Å². The van der Waals surface area contributed by atoms with Gasteiger partial charge in [0.1, 0.15) is 5.75 Å². The largest absolute Gasteiger partial charge is 0.495 e. The number of hydrogen-bond acceptors (Lipinski definition) is 5. The summed E-state index contributed by atoms with van der Waals surface area (Å²) in [5.41, 5.74) is 3.46. The molecule has 0 aromatic heterocycles. The number of amides is 2. The summed E-state index contributed by atoms with van der Waals surface area (Å²) in [4.78, 5) is 27.6. The van der Waals surface area contributed by atoms with E-state index in [1.54, 1.807) is 37.4 Å². The normalized spacial score (nSPS) is 15.3. The van der Waals surface area contributed by atoms with E-state index >= 15 is 0 Å². The molecule has 3 aromatic rings. The second-order valence-electron chi connectivity index (χ2n) is 9.18. The van der Waals surface area contributed by atoms with Crippen LogP contribution in [-0.2, 0) is 9.53 Å². The zero-order valence-corrected chi connectivity index (χ0v) is 20.3. The molecular formula is C28H31N3O4. The van der Waals surface area contributed by atoms with E-state index in [-0.39, 0.29) is 24.0 Å². The molecular weight excluding hydrogens is 442 g/mol. The molecule has 1 saturated heterocycles. The van der Waals surface area contributed by atoms with E-state index < -0.39 is 0 Å². The number of nitrogens with one attached hydrogen (secondary N) is 2. The van der Waals surface area contributed by atoms with Gasteiger partial charge < -0.3 is 20.1 Å².